The molecule has 2 aromatic rings. The number of fused-ring (bicyclic) bond motifs is 1. The van der Waals surface area contributed by atoms with Gasteiger partial charge in [-0.1, -0.05) is 18.2 Å². The number of carbonyl (C=O) groups is 2. The van der Waals surface area contributed by atoms with Gasteiger partial charge in [-0.2, -0.15) is 0 Å². The van der Waals surface area contributed by atoms with Crippen LogP contribution in [0.15, 0.2) is 41.9 Å². The highest BCUT2D eigenvalue weighted by Crippen LogP contribution is 2.40. The molecule has 37 heavy (non-hydrogen) atoms. The molecular weight excluding hydrogens is 500 g/mol. The Hall–Kier alpha value is -3.99. The van der Waals surface area contributed by atoms with Crippen LogP contribution >= 0.6 is 11.6 Å². The number of carbonyl (C=O) groups excluding carboxylic acids is 2. The maximum atomic E-state index is 13.2. The summed E-state index contributed by atoms with van der Waals surface area (Å²) in [4.78, 5) is 39.4. The predicted octanol–water partition coefficient (Wildman–Crippen LogP) is 2.58. The van der Waals surface area contributed by atoms with Gasteiger partial charge in [0.1, 0.15) is 16.7 Å². The van der Waals surface area contributed by atoms with Crippen LogP contribution in [-0.2, 0) is 9.59 Å². The number of pyridine rings is 1. The molecule has 1 aromatic heterocycles. The lowest BCUT2D eigenvalue weighted by atomic mass is 10.2. The van der Waals surface area contributed by atoms with Crippen molar-refractivity contribution >= 4 is 46.4 Å². The number of amides is 2. The molecule has 3 heterocycles. The molecule has 0 aliphatic carbocycles. The Bertz CT molecular complexity index is 1200. The summed E-state index contributed by atoms with van der Waals surface area (Å²) in [6.07, 6.45) is 1.29. The summed E-state index contributed by atoms with van der Waals surface area (Å²) >= 11 is 6.17. The first-order valence-electron chi connectivity index (χ1n) is 11.6. The van der Waals surface area contributed by atoms with Gasteiger partial charge in [-0.15, -0.1) is 0 Å². The van der Waals surface area contributed by atoms with Gasteiger partial charge in [0, 0.05) is 44.0 Å². The zero-order chi connectivity index (χ0) is 26.5. The molecule has 0 unspecified atom stereocenters. The minimum atomic E-state index is -0.130. The Balaban J connectivity index is 1.54. The van der Waals surface area contributed by atoms with E-state index in [1.54, 1.807) is 55.4 Å². The number of anilines is 2. The van der Waals surface area contributed by atoms with Crippen molar-refractivity contribution in [2.75, 3.05) is 70.8 Å². The molecule has 12 heteroatoms. The summed E-state index contributed by atoms with van der Waals surface area (Å²) in [7, 11) is 4.64. The normalized spacial score (nSPS) is 14.9. The van der Waals surface area contributed by atoms with Crippen molar-refractivity contribution in [2.24, 2.45) is 4.99 Å². The summed E-state index contributed by atoms with van der Waals surface area (Å²) in [5.74, 6) is 2.39. The van der Waals surface area contributed by atoms with E-state index in [9.17, 15) is 9.59 Å². The molecule has 4 rings (SSSR count). The second kappa shape index (κ2) is 11.4. The number of hydrogen-bond acceptors (Lipinski definition) is 9. The van der Waals surface area contributed by atoms with E-state index in [4.69, 9.17) is 30.8 Å². The first-order chi connectivity index (χ1) is 17.9. The third-order valence-electron chi connectivity index (χ3n) is 6.11. The second-order valence-electron chi connectivity index (χ2n) is 8.34. The fourth-order valence-electron chi connectivity index (χ4n) is 4.26. The number of halogens is 1. The van der Waals surface area contributed by atoms with Crippen molar-refractivity contribution in [3.05, 3.63) is 42.1 Å². The third kappa shape index (κ3) is 5.72. The molecule has 2 aliphatic heterocycles. The number of aromatic nitrogens is 1. The molecule has 11 nitrogen and oxygen atoms in total. The van der Waals surface area contributed by atoms with Crippen LogP contribution in [0.3, 0.4) is 0 Å². The Kier molecular flexibility index (Phi) is 8.02. The summed E-state index contributed by atoms with van der Waals surface area (Å²) in [5, 5.41) is 3.61. The van der Waals surface area contributed by atoms with Gasteiger partial charge in [0.05, 0.1) is 34.4 Å². The number of methoxy groups -OCH3 is 3. The second-order valence-corrected chi connectivity index (χ2v) is 8.73. The lowest BCUT2D eigenvalue weighted by molar-refractivity contribution is -0.136. The van der Waals surface area contributed by atoms with Crippen LogP contribution in [0.5, 0.6) is 17.2 Å². The highest BCUT2D eigenvalue weighted by atomic mass is 35.5. The monoisotopic (exact) mass is 528 g/mol. The molecule has 0 saturated carbocycles. The van der Waals surface area contributed by atoms with Gasteiger partial charge in [-0.3, -0.25) is 9.59 Å². The molecule has 0 radical (unpaired) electrons. The lowest BCUT2D eigenvalue weighted by Gasteiger charge is -2.36. The van der Waals surface area contributed by atoms with E-state index < -0.39 is 0 Å². The van der Waals surface area contributed by atoms with Crippen molar-refractivity contribution in [3.63, 3.8) is 0 Å². The molecule has 0 bridgehead atoms. The highest BCUT2D eigenvalue weighted by Gasteiger charge is 2.28. The number of rotatable bonds is 7. The number of ether oxygens (including phenoxy) is 3. The van der Waals surface area contributed by atoms with Crippen molar-refractivity contribution < 1.29 is 23.8 Å². The molecule has 196 valence electrons. The summed E-state index contributed by atoms with van der Waals surface area (Å²) < 4.78 is 16.3. The van der Waals surface area contributed by atoms with Crippen molar-refractivity contribution in [1.29, 1.82) is 0 Å². The van der Waals surface area contributed by atoms with Crippen molar-refractivity contribution in [1.82, 2.24) is 14.8 Å². The number of benzene rings is 1. The topological polar surface area (TPSA) is 109 Å². The summed E-state index contributed by atoms with van der Waals surface area (Å²) in [6.45, 7) is 5.72. The smallest absolute Gasteiger partial charge is 0.246 e. The molecule has 0 atom stereocenters. The minimum absolute atomic E-state index is 0.0751. The number of piperazine rings is 1. The lowest BCUT2D eigenvalue weighted by Crippen LogP contribution is -2.53. The predicted molar refractivity (Wildman–Crippen MR) is 142 cm³/mol. The van der Waals surface area contributed by atoms with E-state index in [-0.39, 0.29) is 24.9 Å². The van der Waals surface area contributed by atoms with Gasteiger partial charge in [-0.05, 0) is 18.2 Å². The zero-order valence-corrected chi connectivity index (χ0v) is 21.7. The van der Waals surface area contributed by atoms with Gasteiger partial charge >= 0.3 is 0 Å². The minimum Gasteiger partial charge on any atom is -0.493 e. The van der Waals surface area contributed by atoms with Gasteiger partial charge in [0.25, 0.3) is 0 Å². The Morgan fingerprint density at radius 1 is 1.05 bits per heavy atom. The summed E-state index contributed by atoms with van der Waals surface area (Å²) in [5.41, 5.74) is 1.26. The van der Waals surface area contributed by atoms with Gasteiger partial charge < -0.3 is 34.2 Å². The maximum Gasteiger partial charge on any atom is 0.246 e. The number of nitrogens with one attached hydrogen (secondary N) is 1. The van der Waals surface area contributed by atoms with E-state index in [0.29, 0.717) is 71.6 Å². The molecule has 2 aliphatic rings. The molecular formula is C25H29ClN6O5. The Morgan fingerprint density at radius 3 is 2.30 bits per heavy atom. The largest absolute Gasteiger partial charge is 0.493 e. The van der Waals surface area contributed by atoms with Crippen LogP contribution in [0.2, 0.25) is 5.15 Å². The zero-order valence-electron chi connectivity index (χ0n) is 21.0. The third-order valence-corrected chi connectivity index (χ3v) is 6.32. The molecule has 2 amide bonds. The van der Waals surface area contributed by atoms with Crippen LogP contribution in [0, 0.1) is 0 Å². The summed E-state index contributed by atoms with van der Waals surface area (Å²) in [6, 6.07) is 6.97. The average Bonchev–Trinajstić information content (AvgIpc) is 2.92. The molecule has 1 saturated heterocycles. The van der Waals surface area contributed by atoms with Gasteiger partial charge in [0.2, 0.25) is 17.6 Å². The van der Waals surface area contributed by atoms with E-state index in [2.05, 4.69) is 16.9 Å². The fraction of sp³-hybridized carbons (Fsp3) is 0.360. The number of hydrogen-bond donors (Lipinski definition) is 1. The van der Waals surface area contributed by atoms with Crippen LogP contribution < -0.4 is 24.4 Å². The van der Waals surface area contributed by atoms with E-state index in [1.165, 1.54) is 6.08 Å². The van der Waals surface area contributed by atoms with Gasteiger partial charge in [0.15, 0.2) is 17.3 Å². The Labute approximate surface area is 220 Å². The first-order valence-corrected chi connectivity index (χ1v) is 12.0. The first kappa shape index (κ1) is 26.1. The quantitative estimate of drug-likeness (QED) is 0.431. The van der Waals surface area contributed by atoms with Crippen LogP contribution in [0.1, 0.15) is 0 Å². The molecule has 1 fully saturated rings. The van der Waals surface area contributed by atoms with Crippen LogP contribution in [-0.4, -0.2) is 93.0 Å². The Morgan fingerprint density at radius 2 is 1.70 bits per heavy atom. The number of aliphatic imine (C=N–C) groups is 1. The standard InChI is InChI=1S/C25H29ClN6O5/c1-5-22(33)30-8-10-31(11-9-30)23(34)15-32-14-21(28-17-6-7-20(26)29-25(17)32)27-16-12-18(35-2)24(37-4)19(13-16)36-3/h5-7,12-13H,1,8-11,14-15H2,2-4H3,(H,27,28). The molecule has 0 spiro atoms. The molecule has 1 N–H and O–H groups in total. The van der Waals surface area contributed by atoms with Crippen LogP contribution in [0.4, 0.5) is 17.2 Å². The fourth-order valence-corrected chi connectivity index (χ4v) is 4.40. The van der Waals surface area contributed by atoms with E-state index in [0.717, 1.165) is 0 Å². The molecule has 1 aromatic carbocycles. The van der Waals surface area contributed by atoms with E-state index >= 15 is 0 Å². The van der Waals surface area contributed by atoms with Crippen LogP contribution in [0.25, 0.3) is 0 Å². The van der Waals surface area contributed by atoms with E-state index in [1.807, 2.05) is 4.90 Å². The average molecular weight is 529 g/mol. The van der Waals surface area contributed by atoms with Gasteiger partial charge in [-0.25, -0.2) is 9.98 Å². The highest BCUT2D eigenvalue weighted by molar-refractivity contribution is 6.29. The number of nitrogens with zero attached hydrogens (tertiary/aromatic N) is 5. The SMILES string of the molecule is C=CC(=O)N1CCN(C(=O)CN2CC(Nc3cc(OC)c(OC)c(OC)c3)=Nc3ccc(Cl)nc32)CC1. The van der Waals surface area contributed by atoms with Crippen molar-refractivity contribution in [2.45, 2.75) is 0 Å². The maximum absolute atomic E-state index is 13.2. The van der Waals surface area contributed by atoms with Crippen molar-refractivity contribution in [3.8, 4) is 17.2 Å². The number of amidine groups is 1.